The summed E-state index contributed by atoms with van der Waals surface area (Å²) in [6.07, 6.45) is 0.690. The lowest BCUT2D eigenvalue weighted by atomic mass is 10.2. The van der Waals surface area contributed by atoms with E-state index in [4.69, 9.17) is 16.3 Å². The molecule has 7 heteroatoms. The highest BCUT2D eigenvalue weighted by Gasteiger charge is 2.10. The molecule has 0 aliphatic heterocycles. The number of nitrogens with one attached hydrogen (secondary N) is 1. The van der Waals surface area contributed by atoms with Crippen LogP contribution >= 0.6 is 22.9 Å². The first kappa shape index (κ1) is 17.1. The molecule has 0 fully saturated rings. The minimum Gasteiger partial charge on any atom is -0.482 e. The molecule has 2 aromatic carbocycles. The van der Waals surface area contributed by atoms with Gasteiger partial charge in [0.05, 0.1) is 10.7 Å². The number of amides is 1. The van der Waals surface area contributed by atoms with E-state index < -0.39 is 0 Å². The zero-order chi connectivity index (χ0) is 17.6. The van der Waals surface area contributed by atoms with Crippen molar-refractivity contribution in [1.82, 2.24) is 4.98 Å². The first-order valence-corrected chi connectivity index (χ1v) is 8.60. The third-order valence-corrected chi connectivity index (χ3v) is 4.32. The Kier molecular flexibility index (Phi) is 5.42. The molecule has 0 saturated carbocycles. The fourth-order valence-electron chi connectivity index (χ4n) is 2.08. The first-order valence-electron chi connectivity index (χ1n) is 7.34. The molecule has 25 heavy (non-hydrogen) atoms. The van der Waals surface area contributed by atoms with Gasteiger partial charge in [-0.3, -0.25) is 14.9 Å². The third-order valence-electron chi connectivity index (χ3n) is 3.27. The second kappa shape index (κ2) is 7.92. The van der Waals surface area contributed by atoms with Crippen LogP contribution in [0.4, 0.5) is 5.13 Å². The molecule has 0 saturated heterocycles. The van der Waals surface area contributed by atoms with Gasteiger partial charge in [0.15, 0.2) is 11.7 Å². The summed E-state index contributed by atoms with van der Waals surface area (Å²) in [4.78, 5) is 27.1. The molecule has 0 spiro atoms. The summed E-state index contributed by atoms with van der Waals surface area (Å²) in [6, 6.07) is 14.3. The average Bonchev–Trinajstić information content (AvgIpc) is 3.09. The fourth-order valence-corrected chi connectivity index (χ4v) is 3.06. The van der Waals surface area contributed by atoms with Crippen molar-refractivity contribution in [2.24, 2.45) is 0 Å². The van der Waals surface area contributed by atoms with E-state index >= 15 is 0 Å². The number of hydrogen-bond donors (Lipinski definition) is 1. The number of rotatable bonds is 6. The number of nitrogens with zero attached hydrogens (tertiary/aromatic N) is 1. The molecule has 0 aliphatic rings. The standard InChI is InChI=1S/C18H13ClN2O3S/c19-14-8-12(9-22)6-7-16(14)24-10-17(23)21-18-20-15(11-25-18)13-4-2-1-3-5-13/h1-9,11H,10H2,(H,20,21,23). The summed E-state index contributed by atoms with van der Waals surface area (Å²) < 4.78 is 5.38. The van der Waals surface area contributed by atoms with Gasteiger partial charge in [0.2, 0.25) is 0 Å². The van der Waals surface area contributed by atoms with Gasteiger partial charge in [-0.25, -0.2) is 4.98 Å². The zero-order valence-corrected chi connectivity index (χ0v) is 14.5. The Balaban J connectivity index is 1.58. The molecule has 1 N–H and O–H groups in total. The molecule has 126 valence electrons. The number of carbonyl (C=O) groups is 2. The number of aldehydes is 1. The van der Waals surface area contributed by atoms with Gasteiger partial charge in [0.1, 0.15) is 12.0 Å². The van der Waals surface area contributed by atoms with E-state index in [1.807, 2.05) is 35.7 Å². The Hall–Kier alpha value is -2.70. The van der Waals surface area contributed by atoms with Crippen LogP contribution in [0.2, 0.25) is 5.02 Å². The van der Waals surface area contributed by atoms with Crippen molar-refractivity contribution < 1.29 is 14.3 Å². The van der Waals surface area contributed by atoms with Gasteiger partial charge in [0.25, 0.3) is 5.91 Å². The number of aromatic nitrogens is 1. The van der Waals surface area contributed by atoms with Crippen molar-refractivity contribution in [2.75, 3.05) is 11.9 Å². The van der Waals surface area contributed by atoms with Gasteiger partial charge < -0.3 is 4.74 Å². The van der Waals surface area contributed by atoms with Crippen molar-refractivity contribution in [3.8, 4) is 17.0 Å². The number of carbonyl (C=O) groups excluding carboxylic acids is 2. The lowest BCUT2D eigenvalue weighted by molar-refractivity contribution is -0.118. The van der Waals surface area contributed by atoms with Gasteiger partial charge in [-0.1, -0.05) is 41.9 Å². The summed E-state index contributed by atoms with van der Waals surface area (Å²) >= 11 is 7.34. The maximum absolute atomic E-state index is 12.0. The number of hydrogen-bond acceptors (Lipinski definition) is 5. The molecule has 5 nitrogen and oxygen atoms in total. The number of ether oxygens (including phenoxy) is 1. The minimum absolute atomic E-state index is 0.208. The van der Waals surface area contributed by atoms with Gasteiger partial charge in [-0.05, 0) is 18.2 Å². The topological polar surface area (TPSA) is 68.3 Å². The molecular weight excluding hydrogens is 360 g/mol. The highest BCUT2D eigenvalue weighted by molar-refractivity contribution is 7.14. The average molecular weight is 373 g/mol. The van der Waals surface area contributed by atoms with E-state index in [9.17, 15) is 9.59 Å². The first-order chi connectivity index (χ1) is 12.2. The van der Waals surface area contributed by atoms with Crippen LogP contribution in [-0.4, -0.2) is 23.8 Å². The van der Waals surface area contributed by atoms with E-state index in [0.717, 1.165) is 11.3 Å². The van der Waals surface area contributed by atoms with Crippen LogP contribution in [0.3, 0.4) is 0 Å². The lowest BCUT2D eigenvalue weighted by Gasteiger charge is -2.07. The van der Waals surface area contributed by atoms with E-state index in [1.54, 1.807) is 12.1 Å². The van der Waals surface area contributed by atoms with Gasteiger partial charge in [-0.2, -0.15) is 0 Å². The summed E-state index contributed by atoms with van der Waals surface area (Å²) in [5.41, 5.74) is 2.23. The van der Waals surface area contributed by atoms with Crippen molar-refractivity contribution in [2.45, 2.75) is 0 Å². The van der Waals surface area contributed by atoms with Crippen LogP contribution in [0.15, 0.2) is 53.9 Å². The van der Waals surface area contributed by atoms with E-state index in [-0.39, 0.29) is 17.5 Å². The molecular formula is C18H13ClN2O3S. The van der Waals surface area contributed by atoms with Crippen LogP contribution in [-0.2, 0) is 4.79 Å². The quantitative estimate of drug-likeness (QED) is 0.655. The van der Waals surface area contributed by atoms with Crippen LogP contribution in [0.25, 0.3) is 11.3 Å². The predicted octanol–water partition coefficient (Wildman–Crippen LogP) is 4.29. The Morgan fingerprint density at radius 1 is 1.24 bits per heavy atom. The van der Waals surface area contributed by atoms with Crippen LogP contribution in [0.1, 0.15) is 10.4 Å². The highest BCUT2D eigenvalue weighted by Crippen LogP contribution is 2.26. The summed E-state index contributed by atoms with van der Waals surface area (Å²) in [5.74, 6) is -0.00368. The van der Waals surface area contributed by atoms with E-state index in [2.05, 4.69) is 10.3 Å². The Morgan fingerprint density at radius 3 is 2.76 bits per heavy atom. The SMILES string of the molecule is O=Cc1ccc(OCC(=O)Nc2nc(-c3ccccc3)cs2)c(Cl)c1. The van der Waals surface area contributed by atoms with Crippen LogP contribution < -0.4 is 10.1 Å². The number of anilines is 1. The second-order valence-electron chi connectivity index (χ2n) is 5.05. The molecule has 1 heterocycles. The molecule has 1 amide bonds. The van der Waals surface area contributed by atoms with Crippen molar-refractivity contribution in [3.05, 3.63) is 64.5 Å². The third kappa shape index (κ3) is 4.43. The summed E-state index contributed by atoms with van der Waals surface area (Å²) in [7, 11) is 0. The molecule has 0 unspecified atom stereocenters. The van der Waals surface area contributed by atoms with Gasteiger partial charge in [0, 0.05) is 16.5 Å². The number of halogens is 1. The largest absolute Gasteiger partial charge is 0.482 e. The van der Waals surface area contributed by atoms with Crippen molar-refractivity contribution in [1.29, 1.82) is 0 Å². The molecule has 0 atom stereocenters. The smallest absolute Gasteiger partial charge is 0.264 e. The van der Waals surface area contributed by atoms with Gasteiger partial charge in [-0.15, -0.1) is 11.3 Å². The molecule has 0 bridgehead atoms. The molecule has 3 rings (SSSR count). The van der Waals surface area contributed by atoms with Crippen molar-refractivity contribution >= 4 is 40.3 Å². The van der Waals surface area contributed by atoms with Crippen LogP contribution in [0, 0.1) is 0 Å². The Labute approximate surface area is 153 Å². The second-order valence-corrected chi connectivity index (χ2v) is 6.31. The van der Waals surface area contributed by atoms with Crippen LogP contribution in [0.5, 0.6) is 5.75 Å². The molecule has 0 aliphatic carbocycles. The lowest BCUT2D eigenvalue weighted by Crippen LogP contribution is -2.20. The molecule has 3 aromatic rings. The normalized spacial score (nSPS) is 10.3. The van der Waals surface area contributed by atoms with E-state index in [1.165, 1.54) is 17.4 Å². The molecule has 1 aromatic heterocycles. The van der Waals surface area contributed by atoms with E-state index in [0.29, 0.717) is 22.7 Å². The Morgan fingerprint density at radius 2 is 2.04 bits per heavy atom. The van der Waals surface area contributed by atoms with Crippen molar-refractivity contribution in [3.63, 3.8) is 0 Å². The number of thiazole rings is 1. The molecule has 0 radical (unpaired) electrons. The summed E-state index contributed by atoms with van der Waals surface area (Å²) in [5, 5.41) is 5.34. The van der Waals surface area contributed by atoms with Gasteiger partial charge >= 0.3 is 0 Å². The number of benzene rings is 2. The fraction of sp³-hybridized carbons (Fsp3) is 0.0556. The Bertz CT molecular complexity index is 896. The maximum Gasteiger partial charge on any atom is 0.264 e. The summed E-state index contributed by atoms with van der Waals surface area (Å²) in [6.45, 7) is -0.208. The predicted molar refractivity (Wildman–Crippen MR) is 98.5 cm³/mol. The minimum atomic E-state index is -0.343. The maximum atomic E-state index is 12.0. The monoisotopic (exact) mass is 372 g/mol. The zero-order valence-electron chi connectivity index (χ0n) is 12.9. The highest BCUT2D eigenvalue weighted by atomic mass is 35.5.